The Hall–Kier alpha value is -3.28. The molecule has 0 saturated heterocycles. The monoisotopic (exact) mass is 474 g/mol. The van der Waals surface area contributed by atoms with Gasteiger partial charge in [-0.15, -0.1) is 0 Å². The first-order valence-corrected chi connectivity index (χ1v) is 11.7. The highest BCUT2D eigenvalue weighted by atomic mass is 16.6. The highest BCUT2D eigenvalue weighted by molar-refractivity contribution is 5.92. The molecule has 0 heterocycles. The summed E-state index contributed by atoms with van der Waals surface area (Å²) < 4.78 is 5.33. The van der Waals surface area contributed by atoms with Gasteiger partial charge in [0.15, 0.2) is 0 Å². The van der Waals surface area contributed by atoms with Gasteiger partial charge in [0, 0.05) is 6.54 Å². The number of ether oxygens (including phenoxy) is 1. The predicted molar refractivity (Wildman–Crippen MR) is 129 cm³/mol. The van der Waals surface area contributed by atoms with Crippen molar-refractivity contribution in [3.05, 3.63) is 29.8 Å². The lowest BCUT2D eigenvalue weighted by Crippen LogP contribution is -2.55. The molecule has 188 valence electrons. The molecular weight excluding hydrogens is 436 g/mol. The molecule has 9 nitrogen and oxygen atoms in total. The van der Waals surface area contributed by atoms with Gasteiger partial charge in [0.25, 0.3) is 0 Å². The van der Waals surface area contributed by atoms with Crippen molar-refractivity contribution >= 4 is 17.9 Å². The number of rotatable bonds is 11. The summed E-state index contributed by atoms with van der Waals surface area (Å²) >= 11 is 0. The third kappa shape index (κ3) is 8.93. The zero-order valence-corrected chi connectivity index (χ0v) is 21.1. The van der Waals surface area contributed by atoms with Gasteiger partial charge in [0.2, 0.25) is 11.8 Å². The summed E-state index contributed by atoms with van der Waals surface area (Å²) in [5.74, 6) is -1.42. The molecule has 0 aromatic heterocycles. The number of nitrogens with one attached hydrogen (secondary N) is 2. The van der Waals surface area contributed by atoms with Crippen molar-refractivity contribution < 1.29 is 24.2 Å². The molecule has 3 amide bonds. The van der Waals surface area contributed by atoms with Crippen LogP contribution in [0.4, 0.5) is 4.79 Å². The van der Waals surface area contributed by atoms with Crippen molar-refractivity contribution in [3.63, 3.8) is 0 Å². The van der Waals surface area contributed by atoms with E-state index in [1.807, 2.05) is 19.9 Å². The molecule has 1 rings (SSSR count). The van der Waals surface area contributed by atoms with Crippen LogP contribution in [0.1, 0.15) is 72.4 Å². The Morgan fingerprint density at radius 2 is 1.91 bits per heavy atom. The molecule has 0 aliphatic rings. The van der Waals surface area contributed by atoms with Gasteiger partial charge in [0.05, 0.1) is 6.07 Å². The highest BCUT2D eigenvalue weighted by Gasteiger charge is 2.38. The van der Waals surface area contributed by atoms with Crippen LogP contribution in [-0.2, 0) is 14.3 Å². The van der Waals surface area contributed by atoms with E-state index in [2.05, 4.69) is 10.6 Å². The number of nitrogens with zero attached hydrogens (tertiary/aromatic N) is 2. The first-order valence-electron chi connectivity index (χ1n) is 11.7. The molecule has 9 heteroatoms. The SMILES string of the molecule is CCCCNC(=O)C(c1cccc(O)c1)N(CC#N)C(=O)C(NC(=O)OC(C)(C)C)C(C)CC. The van der Waals surface area contributed by atoms with Gasteiger partial charge in [0.1, 0.15) is 30.0 Å². The predicted octanol–water partition coefficient (Wildman–Crippen LogP) is 3.64. The molecule has 0 radical (unpaired) electrons. The number of benzene rings is 1. The van der Waals surface area contributed by atoms with Crippen LogP contribution in [0.15, 0.2) is 24.3 Å². The van der Waals surface area contributed by atoms with Crippen LogP contribution in [0.25, 0.3) is 0 Å². The average Bonchev–Trinajstić information content (AvgIpc) is 2.75. The number of alkyl carbamates (subject to hydrolysis) is 1. The Morgan fingerprint density at radius 3 is 2.44 bits per heavy atom. The highest BCUT2D eigenvalue weighted by Crippen LogP contribution is 2.26. The molecule has 1 aromatic rings. The first-order chi connectivity index (χ1) is 15.9. The Bertz CT molecular complexity index is 875. The lowest BCUT2D eigenvalue weighted by Gasteiger charge is -2.34. The molecule has 0 aliphatic heterocycles. The second-order valence-corrected chi connectivity index (χ2v) is 9.28. The quantitative estimate of drug-likeness (QED) is 0.331. The van der Waals surface area contributed by atoms with E-state index in [9.17, 15) is 24.8 Å². The van der Waals surface area contributed by atoms with Gasteiger partial charge >= 0.3 is 6.09 Å². The summed E-state index contributed by atoms with van der Waals surface area (Å²) in [5.41, 5.74) is -0.402. The summed E-state index contributed by atoms with van der Waals surface area (Å²) in [6, 6.07) is 5.80. The molecule has 0 aliphatic carbocycles. The van der Waals surface area contributed by atoms with Gasteiger partial charge in [-0.2, -0.15) is 5.26 Å². The Balaban J connectivity index is 3.41. The van der Waals surface area contributed by atoms with Gasteiger partial charge in [-0.25, -0.2) is 4.79 Å². The van der Waals surface area contributed by atoms with E-state index in [0.717, 1.165) is 17.7 Å². The fourth-order valence-corrected chi connectivity index (χ4v) is 3.32. The first kappa shape index (κ1) is 28.8. The van der Waals surface area contributed by atoms with Crippen molar-refractivity contribution in [2.45, 2.75) is 78.5 Å². The van der Waals surface area contributed by atoms with Crippen LogP contribution in [0.5, 0.6) is 5.75 Å². The standard InChI is InChI=1S/C25H38N4O5/c1-7-9-14-27-22(31)21(18-11-10-12-19(30)16-18)29(15-13-26)23(32)20(17(3)8-2)28-24(33)34-25(4,5)6/h10-12,16-17,20-21,30H,7-9,14-15H2,1-6H3,(H,27,31)(H,28,33). The van der Waals surface area contributed by atoms with Gasteiger partial charge in [-0.1, -0.05) is 45.7 Å². The third-order valence-corrected chi connectivity index (χ3v) is 5.25. The van der Waals surface area contributed by atoms with Crippen molar-refractivity contribution in [2.75, 3.05) is 13.1 Å². The van der Waals surface area contributed by atoms with Crippen LogP contribution in [0, 0.1) is 17.2 Å². The van der Waals surface area contributed by atoms with Crippen LogP contribution >= 0.6 is 0 Å². The number of carbonyl (C=O) groups excluding carboxylic acids is 3. The fourth-order valence-electron chi connectivity index (χ4n) is 3.32. The normalized spacial score (nSPS) is 13.7. The Kier molecular flexibility index (Phi) is 11.4. The minimum Gasteiger partial charge on any atom is -0.508 e. The molecule has 0 fully saturated rings. The molecule has 3 unspecified atom stereocenters. The molecule has 0 saturated carbocycles. The zero-order valence-electron chi connectivity index (χ0n) is 21.1. The zero-order chi connectivity index (χ0) is 25.9. The van der Waals surface area contributed by atoms with E-state index >= 15 is 0 Å². The summed E-state index contributed by atoms with van der Waals surface area (Å²) in [4.78, 5) is 40.6. The summed E-state index contributed by atoms with van der Waals surface area (Å²) in [6.07, 6.45) is 1.42. The maximum Gasteiger partial charge on any atom is 0.408 e. The number of carbonyl (C=O) groups is 3. The van der Waals surface area contributed by atoms with E-state index in [4.69, 9.17) is 4.74 Å². The molecule has 0 bridgehead atoms. The van der Waals surface area contributed by atoms with Crippen LogP contribution in [-0.4, -0.2) is 52.6 Å². The second-order valence-electron chi connectivity index (χ2n) is 9.28. The molecule has 34 heavy (non-hydrogen) atoms. The van der Waals surface area contributed by atoms with Crippen molar-refractivity contribution in [3.8, 4) is 11.8 Å². The van der Waals surface area contributed by atoms with Gasteiger partial charge in [-0.05, 0) is 50.8 Å². The van der Waals surface area contributed by atoms with Crippen LogP contribution < -0.4 is 10.6 Å². The molecule has 3 N–H and O–H groups in total. The minimum atomic E-state index is -1.16. The Labute approximate surface area is 202 Å². The average molecular weight is 475 g/mol. The van der Waals surface area contributed by atoms with Crippen molar-refractivity contribution in [2.24, 2.45) is 5.92 Å². The molecule has 0 spiro atoms. The number of phenols is 1. The number of phenolic OH excluding ortho intramolecular Hbond substituents is 1. The number of amides is 3. The van der Waals surface area contributed by atoms with Crippen LogP contribution in [0.2, 0.25) is 0 Å². The second kappa shape index (κ2) is 13.4. The molecule has 3 atom stereocenters. The van der Waals surface area contributed by atoms with E-state index in [1.54, 1.807) is 39.8 Å². The maximum absolute atomic E-state index is 13.7. The molecular formula is C25H38N4O5. The topological polar surface area (TPSA) is 132 Å². The van der Waals surface area contributed by atoms with Gasteiger partial charge < -0.3 is 25.4 Å². The third-order valence-electron chi connectivity index (χ3n) is 5.25. The number of nitriles is 1. The summed E-state index contributed by atoms with van der Waals surface area (Å²) in [7, 11) is 0. The summed E-state index contributed by atoms with van der Waals surface area (Å²) in [5, 5.41) is 24.9. The number of hydrogen-bond acceptors (Lipinski definition) is 6. The Morgan fingerprint density at radius 1 is 1.24 bits per heavy atom. The van der Waals surface area contributed by atoms with Crippen molar-refractivity contribution in [1.82, 2.24) is 15.5 Å². The number of hydrogen-bond donors (Lipinski definition) is 3. The molecule has 1 aromatic carbocycles. The lowest BCUT2D eigenvalue weighted by atomic mass is 9.95. The largest absolute Gasteiger partial charge is 0.508 e. The maximum atomic E-state index is 13.7. The lowest BCUT2D eigenvalue weighted by molar-refractivity contribution is -0.142. The van der Waals surface area contributed by atoms with Crippen molar-refractivity contribution in [1.29, 1.82) is 5.26 Å². The number of aromatic hydroxyl groups is 1. The fraction of sp³-hybridized carbons (Fsp3) is 0.600. The van der Waals surface area contributed by atoms with E-state index < -0.39 is 35.6 Å². The van der Waals surface area contributed by atoms with Crippen LogP contribution in [0.3, 0.4) is 0 Å². The van der Waals surface area contributed by atoms with E-state index in [1.165, 1.54) is 12.1 Å². The number of unbranched alkanes of at least 4 members (excludes halogenated alkanes) is 1. The smallest absolute Gasteiger partial charge is 0.408 e. The van der Waals surface area contributed by atoms with E-state index in [0.29, 0.717) is 18.5 Å². The minimum absolute atomic E-state index is 0.0708. The summed E-state index contributed by atoms with van der Waals surface area (Å²) in [6.45, 7) is 10.8. The van der Waals surface area contributed by atoms with Gasteiger partial charge in [-0.3, -0.25) is 9.59 Å². The van der Waals surface area contributed by atoms with E-state index in [-0.39, 0.29) is 18.2 Å².